The number of aryl methyl sites for hydroxylation is 3. The lowest BCUT2D eigenvalue weighted by molar-refractivity contribution is 0.0746. The Bertz CT molecular complexity index is 744. The zero-order valence-corrected chi connectivity index (χ0v) is 15.2. The topological polar surface area (TPSA) is 23.6 Å². The molecule has 24 heavy (non-hydrogen) atoms. The molecule has 0 atom stereocenters. The zero-order valence-electron chi connectivity index (χ0n) is 14.5. The minimum absolute atomic E-state index is 0.129. The van der Waals surface area contributed by atoms with Crippen molar-refractivity contribution in [1.82, 2.24) is 4.90 Å². The quantitative estimate of drug-likeness (QED) is 0.815. The molecule has 0 unspecified atom stereocenters. The minimum Gasteiger partial charge on any atom is -0.368 e. The number of hydrogen-bond donors (Lipinski definition) is 0. The van der Waals surface area contributed by atoms with Gasteiger partial charge in [-0.1, -0.05) is 34.9 Å². The van der Waals surface area contributed by atoms with E-state index in [2.05, 4.69) is 17.9 Å². The SMILES string of the molecule is Cc1cc(C)cc(C(=O)N2CCN(c3cc(Cl)ccc3C)CC2)c1. The molecule has 1 heterocycles. The van der Waals surface area contributed by atoms with Crippen molar-refractivity contribution in [2.75, 3.05) is 31.1 Å². The van der Waals surface area contributed by atoms with Gasteiger partial charge in [0.1, 0.15) is 0 Å². The molecule has 0 bridgehead atoms. The van der Waals surface area contributed by atoms with Gasteiger partial charge in [0.25, 0.3) is 5.91 Å². The second kappa shape index (κ2) is 6.86. The van der Waals surface area contributed by atoms with Crippen LogP contribution in [0.4, 0.5) is 5.69 Å². The van der Waals surface area contributed by atoms with Crippen LogP contribution in [0.15, 0.2) is 36.4 Å². The monoisotopic (exact) mass is 342 g/mol. The lowest BCUT2D eigenvalue weighted by Gasteiger charge is -2.37. The number of nitrogens with zero attached hydrogens (tertiary/aromatic N) is 2. The van der Waals surface area contributed by atoms with Crippen molar-refractivity contribution < 1.29 is 4.79 Å². The van der Waals surface area contributed by atoms with Crippen LogP contribution in [-0.4, -0.2) is 37.0 Å². The Balaban J connectivity index is 1.70. The van der Waals surface area contributed by atoms with Gasteiger partial charge in [-0.25, -0.2) is 0 Å². The first-order chi connectivity index (χ1) is 11.4. The third-order valence-electron chi connectivity index (χ3n) is 4.55. The average molecular weight is 343 g/mol. The van der Waals surface area contributed by atoms with Gasteiger partial charge in [0, 0.05) is 42.5 Å². The molecule has 0 N–H and O–H groups in total. The van der Waals surface area contributed by atoms with E-state index in [-0.39, 0.29) is 5.91 Å². The second-order valence-electron chi connectivity index (χ2n) is 6.59. The van der Waals surface area contributed by atoms with Crippen molar-refractivity contribution in [1.29, 1.82) is 0 Å². The van der Waals surface area contributed by atoms with E-state index in [0.29, 0.717) is 0 Å². The minimum atomic E-state index is 0.129. The fourth-order valence-corrected chi connectivity index (χ4v) is 3.52. The van der Waals surface area contributed by atoms with E-state index in [4.69, 9.17) is 11.6 Å². The van der Waals surface area contributed by atoms with Crippen LogP contribution in [0.25, 0.3) is 0 Å². The van der Waals surface area contributed by atoms with Gasteiger partial charge >= 0.3 is 0 Å². The van der Waals surface area contributed by atoms with Gasteiger partial charge in [-0.15, -0.1) is 0 Å². The van der Waals surface area contributed by atoms with Crippen molar-refractivity contribution in [2.24, 2.45) is 0 Å². The van der Waals surface area contributed by atoms with E-state index in [9.17, 15) is 4.79 Å². The molecule has 0 spiro atoms. The Labute approximate surface area is 148 Å². The fraction of sp³-hybridized carbons (Fsp3) is 0.350. The van der Waals surface area contributed by atoms with Crippen LogP contribution in [-0.2, 0) is 0 Å². The molecule has 1 fully saturated rings. The van der Waals surface area contributed by atoms with Crippen LogP contribution in [0.5, 0.6) is 0 Å². The van der Waals surface area contributed by atoms with Gasteiger partial charge in [0.05, 0.1) is 0 Å². The van der Waals surface area contributed by atoms with Crippen molar-refractivity contribution in [3.63, 3.8) is 0 Å². The lowest BCUT2D eigenvalue weighted by atomic mass is 10.1. The number of halogens is 1. The van der Waals surface area contributed by atoms with E-state index < -0.39 is 0 Å². The molecule has 0 aromatic heterocycles. The van der Waals surface area contributed by atoms with E-state index in [1.165, 1.54) is 11.3 Å². The Kier molecular flexibility index (Phi) is 4.81. The van der Waals surface area contributed by atoms with Gasteiger partial charge in [-0.3, -0.25) is 4.79 Å². The number of benzene rings is 2. The highest BCUT2D eigenvalue weighted by Crippen LogP contribution is 2.25. The smallest absolute Gasteiger partial charge is 0.253 e. The number of carbonyl (C=O) groups is 1. The standard InChI is InChI=1S/C20H23ClN2O/c1-14-10-15(2)12-17(11-14)20(24)23-8-6-22(7-9-23)19-13-18(21)5-4-16(19)3/h4-5,10-13H,6-9H2,1-3H3. The number of amides is 1. The van der Waals surface area contributed by atoms with E-state index in [1.807, 2.05) is 49.1 Å². The summed E-state index contributed by atoms with van der Waals surface area (Å²) >= 11 is 6.13. The van der Waals surface area contributed by atoms with Crippen LogP contribution in [0.2, 0.25) is 5.02 Å². The molecule has 1 saturated heterocycles. The van der Waals surface area contributed by atoms with E-state index in [1.54, 1.807) is 0 Å². The Morgan fingerprint density at radius 3 is 2.17 bits per heavy atom. The summed E-state index contributed by atoms with van der Waals surface area (Å²) in [4.78, 5) is 17.0. The summed E-state index contributed by atoms with van der Waals surface area (Å²) in [5, 5.41) is 0.754. The number of hydrogen-bond acceptors (Lipinski definition) is 2. The summed E-state index contributed by atoms with van der Waals surface area (Å²) < 4.78 is 0. The molecule has 1 aliphatic rings. The molecule has 0 aliphatic carbocycles. The summed E-state index contributed by atoms with van der Waals surface area (Å²) in [6.07, 6.45) is 0. The molecule has 0 saturated carbocycles. The maximum absolute atomic E-state index is 12.8. The van der Waals surface area contributed by atoms with Crippen LogP contribution in [0.1, 0.15) is 27.0 Å². The van der Waals surface area contributed by atoms with Crippen LogP contribution < -0.4 is 4.90 Å². The van der Waals surface area contributed by atoms with Gasteiger partial charge in [-0.2, -0.15) is 0 Å². The van der Waals surface area contributed by atoms with Gasteiger partial charge in [0.2, 0.25) is 0 Å². The van der Waals surface area contributed by atoms with Crippen molar-refractivity contribution >= 4 is 23.2 Å². The molecular weight excluding hydrogens is 320 g/mol. The van der Waals surface area contributed by atoms with Gasteiger partial charge in [-0.05, 0) is 50.6 Å². The first kappa shape index (κ1) is 16.8. The normalized spacial score (nSPS) is 14.8. The lowest BCUT2D eigenvalue weighted by Crippen LogP contribution is -2.49. The van der Waals surface area contributed by atoms with Crippen LogP contribution >= 0.6 is 11.6 Å². The van der Waals surface area contributed by atoms with Gasteiger partial charge in [0.15, 0.2) is 0 Å². The summed E-state index contributed by atoms with van der Waals surface area (Å²) in [5.41, 5.74) is 5.44. The van der Waals surface area contributed by atoms with Crippen LogP contribution in [0.3, 0.4) is 0 Å². The first-order valence-electron chi connectivity index (χ1n) is 8.33. The maximum atomic E-state index is 12.8. The van der Waals surface area contributed by atoms with Crippen LogP contribution in [0, 0.1) is 20.8 Å². The molecule has 2 aromatic rings. The largest absolute Gasteiger partial charge is 0.368 e. The number of piperazine rings is 1. The summed E-state index contributed by atoms with van der Waals surface area (Å²) in [6.45, 7) is 9.29. The average Bonchev–Trinajstić information content (AvgIpc) is 2.56. The Hall–Kier alpha value is -2.00. The van der Waals surface area contributed by atoms with Crippen molar-refractivity contribution in [3.05, 3.63) is 63.7 Å². The Morgan fingerprint density at radius 2 is 1.54 bits per heavy atom. The zero-order chi connectivity index (χ0) is 17.3. The highest BCUT2D eigenvalue weighted by molar-refractivity contribution is 6.30. The second-order valence-corrected chi connectivity index (χ2v) is 7.02. The highest BCUT2D eigenvalue weighted by Gasteiger charge is 2.23. The highest BCUT2D eigenvalue weighted by atomic mass is 35.5. The molecule has 126 valence electrons. The van der Waals surface area contributed by atoms with Crippen molar-refractivity contribution in [2.45, 2.75) is 20.8 Å². The van der Waals surface area contributed by atoms with Crippen molar-refractivity contribution in [3.8, 4) is 0 Å². The third kappa shape index (κ3) is 3.57. The molecule has 1 amide bonds. The molecule has 3 rings (SSSR count). The third-order valence-corrected chi connectivity index (χ3v) is 4.78. The Morgan fingerprint density at radius 1 is 0.917 bits per heavy atom. The number of rotatable bonds is 2. The summed E-state index contributed by atoms with van der Waals surface area (Å²) in [6, 6.07) is 12.0. The molecule has 0 radical (unpaired) electrons. The molecule has 1 aliphatic heterocycles. The molecular formula is C20H23ClN2O. The fourth-order valence-electron chi connectivity index (χ4n) is 3.35. The number of carbonyl (C=O) groups excluding carboxylic acids is 1. The number of anilines is 1. The molecule has 4 heteroatoms. The molecule has 2 aromatic carbocycles. The van der Waals surface area contributed by atoms with Gasteiger partial charge < -0.3 is 9.80 Å². The first-order valence-corrected chi connectivity index (χ1v) is 8.70. The predicted molar refractivity (Wildman–Crippen MR) is 100 cm³/mol. The maximum Gasteiger partial charge on any atom is 0.253 e. The van der Waals surface area contributed by atoms with E-state index >= 15 is 0 Å². The molecule has 3 nitrogen and oxygen atoms in total. The van der Waals surface area contributed by atoms with E-state index in [0.717, 1.165) is 47.9 Å². The summed E-state index contributed by atoms with van der Waals surface area (Å²) in [7, 11) is 0. The predicted octanol–water partition coefficient (Wildman–Crippen LogP) is 4.23. The summed E-state index contributed by atoms with van der Waals surface area (Å²) in [5.74, 6) is 0.129.